The summed E-state index contributed by atoms with van der Waals surface area (Å²) in [5.41, 5.74) is 19.1. The van der Waals surface area contributed by atoms with E-state index in [-0.39, 0.29) is 0 Å². The summed E-state index contributed by atoms with van der Waals surface area (Å²) < 4.78 is 0. The number of aromatic nitrogens is 4. The fraction of sp³-hybridized carbons (Fsp3) is 0. The number of hydrogen-bond acceptors (Lipinski definition) is 5. The van der Waals surface area contributed by atoms with Crippen LogP contribution in [0.3, 0.4) is 0 Å². The van der Waals surface area contributed by atoms with Gasteiger partial charge in [0.15, 0.2) is 0 Å². The van der Waals surface area contributed by atoms with Crippen molar-refractivity contribution in [3.63, 3.8) is 0 Å². The van der Waals surface area contributed by atoms with E-state index in [2.05, 4.69) is 245 Å². The Hall–Kier alpha value is -11.1. The van der Waals surface area contributed by atoms with Gasteiger partial charge in [-0.1, -0.05) is 206 Å². The first-order valence-electron chi connectivity index (χ1n) is 26.4. The van der Waals surface area contributed by atoms with Crippen LogP contribution in [0.25, 0.3) is 133 Å². The van der Waals surface area contributed by atoms with E-state index in [1.807, 2.05) is 24.3 Å². The minimum absolute atomic E-state index is 0.375. The summed E-state index contributed by atoms with van der Waals surface area (Å²) in [6.07, 6.45) is 0. The minimum Gasteiger partial charge on any atom is -0.353 e. The van der Waals surface area contributed by atoms with Crippen LogP contribution >= 0.6 is 0 Å². The van der Waals surface area contributed by atoms with Gasteiger partial charge in [-0.2, -0.15) is 10.5 Å². The first-order chi connectivity index (χ1) is 39.1. The lowest BCUT2D eigenvalue weighted by Crippen LogP contribution is -2.11. The van der Waals surface area contributed by atoms with Crippen molar-refractivity contribution in [1.29, 1.82) is 10.5 Å². The van der Waals surface area contributed by atoms with Crippen molar-refractivity contribution in [3.05, 3.63) is 260 Å². The monoisotopic (exact) mass is 1010 g/mol. The molecular formula is C72H43N7. The first-order valence-corrected chi connectivity index (χ1v) is 26.4. The molecule has 0 spiro atoms. The SMILES string of the molecule is N#Cc1cc(C#N)cc(-c2c3nc(c(-c4ccccc4)c4[nH]c(c(N(c5ccccc5)c5ccc6ccccc6c5)c5nc(c(-c6ccccc6)c6[nH]c2c2ccccc62)-c2ccccc2-5)c2ccccc42)-c2ccccc2-3)c1. The van der Waals surface area contributed by atoms with E-state index in [0.717, 1.165) is 139 Å². The molecule has 2 aromatic heterocycles. The zero-order valence-corrected chi connectivity index (χ0v) is 42.4. The average molecular weight is 1010 g/mol. The number of nitrogens with zero attached hydrogens (tertiary/aromatic N) is 5. The van der Waals surface area contributed by atoms with Gasteiger partial charge in [0.25, 0.3) is 0 Å². The highest BCUT2D eigenvalue weighted by atomic mass is 15.2. The van der Waals surface area contributed by atoms with Crippen molar-refractivity contribution >= 4 is 71.4 Å². The summed E-state index contributed by atoms with van der Waals surface area (Å²) in [7, 11) is 0. The molecule has 7 heteroatoms. The molecule has 1 aliphatic carbocycles. The molecule has 0 atom stereocenters. The van der Waals surface area contributed by atoms with Gasteiger partial charge in [-0.15, -0.1) is 0 Å². The van der Waals surface area contributed by atoms with Crippen LogP contribution in [-0.2, 0) is 0 Å². The van der Waals surface area contributed by atoms with Crippen LogP contribution in [0.15, 0.2) is 249 Å². The van der Waals surface area contributed by atoms with Crippen LogP contribution in [0.2, 0.25) is 0 Å². The second-order valence-electron chi connectivity index (χ2n) is 20.0. The molecule has 12 aromatic rings. The lowest BCUT2D eigenvalue weighted by molar-refractivity contribution is 1.27. The number of aromatic amines is 2. The van der Waals surface area contributed by atoms with Gasteiger partial charge in [0, 0.05) is 71.9 Å². The van der Waals surface area contributed by atoms with E-state index in [0.29, 0.717) is 22.4 Å². The second-order valence-corrected chi connectivity index (χ2v) is 20.0. The molecule has 2 N–H and O–H groups in total. The Morgan fingerprint density at radius 3 is 1.22 bits per heavy atom. The van der Waals surface area contributed by atoms with Gasteiger partial charge >= 0.3 is 0 Å². The molecule has 4 heterocycles. The lowest BCUT2D eigenvalue weighted by atomic mass is 9.93. The highest BCUT2D eigenvalue weighted by molar-refractivity contribution is 6.22. The fourth-order valence-corrected chi connectivity index (χ4v) is 12.1. The molecule has 3 aliphatic rings. The van der Waals surface area contributed by atoms with Crippen molar-refractivity contribution in [3.8, 4) is 90.5 Å². The van der Waals surface area contributed by atoms with Crippen molar-refractivity contribution in [2.24, 2.45) is 0 Å². The molecule has 0 amide bonds. The predicted molar refractivity (Wildman–Crippen MR) is 323 cm³/mol. The largest absolute Gasteiger partial charge is 0.353 e. The Kier molecular flexibility index (Phi) is 10.5. The topological polar surface area (TPSA) is 108 Å². The predicted octanol–water partition coefficient (Wildman–Crippen LogP) is 18.7. The Balaban J connectivity index is 1.27. The highest BCUT2D eigenvalue weighted by Gasteiger charge is 2.32. The molecule has 0 saturated heterocycles. The number of anilines is 3. The van der Waals surface area contributed by atoms with E-state index in [1.54, 1.807) is 6.07 Å². The normalized spacial score (nSPS) is 11.5. The Labute approximate surface area is 454 Å². The van der Waals surface area contributed by atoms with E-state index in [1.165, 1.54) is 0 Å². The molecule has 15 rings (SSSR count). The number of H-pyrrole nitrogens is 2. The van der Waals surface area contributed by atoms with Crippen molar-refractivity contribution in [1.82, 2.24) is 19.9 Å². The number of hydrogen-bond donors (Lipinski definition) is 2. The van der Waals surface area contributed by atoms with Crippen molar-refractivity contribution in [2.75, 3.05) is 4.90 Å². The van der Waals surface area contributed by atoms with Gasteiger partial charge < -0.3 is 14.9 Å². The first kappa shape index (κ1) is 45.3. The Bertz CT molecular complexity index is 4860. The molecule has 10 aromatic carbocycles. The molecule has 0 saturated carbocycles. The van der Waals surface area contributed by atoms with Crippen LogP contribution in [0, 0.1) is 22.7 Å². The summed E-state index contributed by atoms with van der Waals surface area (Å²) in [5.74, 6) is 0. The summed E-state index contributed by atoms with van der Waals surface area (Å²) in [6.45, 7) is 0. The van der Waals surface area contributed by atoms with Crippen molar-refractivity contribution in [2.45, 2.75) is 0 Å². The van der Waals surface area contributed by atoms with Gasteiger partial charge in [0.2, 0.25) is 0 Å². The number of para-hydroxylation sites is 1. The summed E-state index contributed by atoms with van der Waals surface area (Å²) in [6, 6.07) is 91.2. The van der Waals surface area contributed by atoms with Crippen molar-refractivity contribution < 1.29 is 0 Å². The highest BCUT2D eigenvalue weighted by Crippen LogP contribution is 2.53. The van der Waals surface area contributed by atoms with E-state index in [9.17, 15) is 10.5 Å². The third-order valence-electron chi connectivity index (χ3n) is 15.5. The zero-order chi connectivity index (χ0) is 52.6. The van der Waals surface area contributed by atoms with Crippen LogP contribution in [0.4, 0.5) is 17.1 Å². The average Bonchev–Trinajstić information content (AvgIpc) is 4.18. The van der Waals surface area contributed by atoms with Gasteiger partial charge in [0.05, 0.1) is 73.8 Å². The fourth-order valence-electron chi connectivity index (χ4n) is 12.1. The van der Waals surface area contributed by atoms with Crippen LogP contribution in [-0.4, -0.2) is 19.9 Å². The maximum Gasteiger partial charge on any atom is 0.0992 e. The number of fused-ring (bicyclic) bond motifs is 1. The quantitative estimate of drug-likeness (QED) is 0.172. The minimum atomic E-state index is 0.375. The number of rotatable bonds is 6. The molecule has 2 aliphatic heterocycles. The van der Waals surface area contributed by atoms with Gasteiger partial charge in [-0.25, -0.2) is 9.97 Å². The summed E-state index contributed by atoms with van der Waals surface area (Å²) in [5, 5.41) is 27.4. The van der Waals surface area contributed by atoms with Gasteiger partial charge in [-0.05, 0) is 69.9 Å². The number of nitrogens with one attached hydrogen (secondary N) is 2. The third-order valence-corrected chi connectivity index (χ3v) is 15.5. The molecule has 7 nitrogen and oxygen atoms in total. The maximum absolute atomic E-state index is 10.6. The maximum atomic E-state index is 10.6. The van der Waals surface area contributed by atoms with E-state index in [4.69, 9.17) is 9.97 Å². The van der Waals surface area contributed by atoms with E-state index < -0.39 is 0 Å². The van der Waals surface area contributed by atoms with Crippen LogP contribution in [0.5, 0.6) is 0 Å². The molecule has 79 heavy (non-hydrogen) atoms. The van der Waals surface area contributed by atoms with E-state index >= 15 is 0 Å². The zero-order valence-electron chi connectivity index (χ0n) is 42.4. The van der Waals surface area contributed by atoms with Crippen LogP contribution < -0.4 is 4.90 Å². The van der Waals surface area contributed by atoms with Gasteiger partial charge in [0.1, 0.15) is 0 Å². The standard InChI is InChI=1S/C72H43N7/c73-42-44-38-45(43-74)40-50(39-44)63-68-55-30-14-12-28-53(55)64(75-68)61(47-21-4-1-5-22-47)66-57-32-16-18-34-59(57)70(77-66)72(79(51-26-8-3-9-27-51)52-37-36-46-20-10-11-25-49(46)41-52)71-60-35-19-17-33-58(60)67(78-71)62(48-23-6-2-7-24-48)65-54-29-13-15-31-56(54)69(63)76-65/h1-41,75,78H. The van der Waals surface area contributed by atoms with Gasteiger partial charge in [-0.3, -0.25) is 0 Å². The summed E-state index contributed by atoms with van der Waals surface area (Å²) >= 11 is 0. The molecule has 366 valence electrons. The number of nitriles is 2. The molecule has 0 radical (unpaired) electrons. The van der Waals surface area contributed by atoms with Crippen LogP contribution in [0.1, 0.15) is 11.1 Å². The third kappa shape index (κ3) is 7.26. The molecule has 0 fully saturated rings. The second kappa shape index (κ2) is 18.3. The molecule has 0 unspecified atom stereocenters. The number of benzene rings is 10. The molecular weight excluding hydrogens is 963 g/mol. The lowest BCUT2D eigenvalue weighted by Gasteiger charge is -2.27. The Morgan fingerprint density at radius 1 is 0.316 bits per heavy atom. The molecule has 8 bridgehead atoms. The summed E-state index contributed by atoms with van der Waals surface area (Å²) in [4.78, 5) is 22.7. The smallest absolute Gasteiger partial charge is 0.0992 e. The Morgan fingerprint density at radius 2 is 0.709 bits per heavy atom.